The fourth-order valence-electron chi connectivity index (χ4n) is 2.78. The predicted octanol–water partition coefficient (Wildman–Crippen LogP) is 3.51. The van der Waals surface area contributed by atoms with Crippen LogP contribution in [0.5, 0.6) is 5.75 Å². The summed E-state index contributed by atoms with van der Waals surface area (Å²) in [5.74, 6) is -1.64. The van der Waals surface area contributed by atoms with E-state index in [2.05, 4.69) is 10.6 Å². The van der Waals surface area contributed by atoms with Gasteiger partial charge in [0, 0.05) is 5.69 Å². The molecule has 0 fully saturated rings. The number of phenolic OH excluding ortho intramolecular Hbond substituents is 1. The Bertz CT molecular complexity index is 803. The number of rotatable bonds is 2. The van der Waals surface area contributed by atoms with Crippen LogP contribution in [0.1, 0.15) is 27.8 Å². The minimum atomic E-state index is -0.824. The maximum Gasteiger partial charge on any atom is 0.314 e. The lowest BCUT2D eigenvalue weighted by atomic mass is 10.1. The molecule has 2 amide bonds. The largest absolute Gasteiger partial charge is 0.505 e. The van der Waals surface area contributed by atoms with Crippen LogP contribution in [0.2, 0.25) is 0 Å². The van der Waals surface area contributed by atoms with E-state index in [4.69, 9.17) is 0 Å². The number of hydrogen-bond donors (Lipinski definition) is 3. The highest BCUT2D eigenvalue weighted by molar-refractivity contribution is 6.44. The molecule has 0 saturated carbocycles. The molecule has 0 aliphatic heterocycles. The number of carbonyl (C=O) groups excluding carboxylic acids is 2. The molecule has 0 radical (unpaired) electrons. The van der Waals surface area contributed by atoms with Crippen LogP contribution in [0.4, 0.5) is 11.4 Å². The van der Waals surface area contributed by atoms with Gasteiger partial charge in [0.05, 0.1) is 5.69 Å². The number of carbonyl (C=O) groups is 2. The Morgan fingerprint density at radius 2 is 1.21 bits per heavy atom. The highest BCUT2D eigenvalue weighted by Crippen LogP contribution is 2.28. The summed E-state index contributed by atoms with van der Waals surface area (Å²) in [5, 5.41) is 15.1. The second kappa shape index (κ2) is 6.74. The maximum absolute atomic E-state index is 12.2. The molecule has 0 saturated heterocycles. The van der Waals surface area contributed by atoms with Crippen LogP contribution in [0.25, 0.3) is 0 Å². The second-order valence-electron chi connectivity index (χ2n) is 6.16. The Morgan fingerprint density at radius 3 is 1.79 bits per heavy atom. The van der Waals surface area contributed by atoms with Gasteiger partial charge in [0.1, 0.15) is 5.75 Å². The zero-order valence-electron chi connectivity index (χ0n) is 14.6. The van der Waals surface area contributed by atoms with E-state index in [1.54, 1.807) is 19.1 Å². The number of benzene rings is 2. The van der Waals surface area contributed by atoms with Crippen molar-refractivity contribution < 1.29 is 14.7 Å². The van der Waals surface area contributed by atoms with Gasteiger partial charge < -0.3 is 15.7 Å². The van der Waals surface area contributed by atoms with Gasteiger partial charge in [0.15, 0.2) is 0 Å². The first-order chi connectivity index (χ1) is 11.2. The van der Waals surface area contributed by atoms with E-state index in [-0.39, 0.29) is 11.4 Å². The van der Waals surface area contributed by atoms with Crippen LogP contribution in [0.3, 0.4) is 0 Å². The molecule has 0 aromatic heterocycles. The second-order valence-corrected chi connectivity index (χ2v) is 6.16. The molecule has 126 valence electrons. The van der Waals surface area contributed by atoms with E-state index in [1.807, 2.05) is 39.8 Å². The van der Waals surface area contributed by atoms with Crippen molar-refractivity contribution in [3.63, 3.8) is 0 Å². The molecule has 0 bridgehead atoms. The van der Waals surface area contributed by atoms with E-state index in [9.17, 15) is 14.7 Å². The summed E-state index contributed by atoms with van der Waals surface area (Å²) in [6.07, 6.45) is 0. The summed E-state index contributed by atoms with van der Waals surface area (Å²) >= 11 is 0. The molecular formula is C19H22N2O3. The van der Waals surface area contributed by atoms with Gasteiger partial charge in [0.2, 0.25) is 0 Å². The number of amides is 2. The van der Waals surface area contributed by atoms with Crippen molar-refractivity contribution in [1.29, 1.82) is 0 Å². The minimum absolute atomic E-state index is 0.0375. The van der Waals surface area contributed by atoms with Crippen LogP contribution in [-0.4, -0.2) is 16.9 Å². The third kappa shape index (κ3) is 3.74. The lowest BCUT2D eigenvalue weighted by Crippen LogP contribution is -2.29. The molecule has 24 heavy (non-hydrogen) atoms. The SMILES string of the molecule is Cc1cc(C)c(NC(=O)C(=O)Nc2cc(C)cc(C)c2O)c(C)c1. The molecule has 0 heterocycles. The van der Waals surface area contributed by atoms with Crippen molar-refractivity contribution >= 4 is 23.2 Å². The number of phenols is 1. The number of hydrogen-bond acceptors (Lipinski definition) is 3. The standard InChI is InChI=1S/C19H22N2O3/c1-10-6-12(3)16(13(4)7-10)21-19(24)18(23)20-15-9-11(2)8-14(5)17(15)22/h6-9,22H,1-5H3,(H,20,23)(H,21,24). The van der Waals surface area contributed by atoms with Gasteiger partial charge in [0.25, 0.3) is 0 Å². The third-order valence-electron chi connectivity index (χ3n) is 3.81. The van der Waals surface area contributed by atoms with Gasteiger partial charge in [-0.05, 0) is 62.9 Å². The van der Waals surface area contributed by atoms with Crippen LogP contribution in [0, 0.1) is 34.6 Å². The average Bonchev–Trinajstić information content (AvgIpc) is 2.47. The fourth-order valence-corrected chi connectivity index (χ4v) is 2.78. The van der Waals surface area contributed by atoms with Gasteiger partial charge in [-0.2, -0.15) is 0 Å². The van der Waals surface area contributed by atoms with Crippen molar-refractivity contribution in [2.24, 2.45) is 0 Å². The molecule has 3 N–H and O–H groups in total. The first kappa shape index (κ1) is 17.5. The van der Waals surface area contributed by atoms with Gasteiger partial charge in [-0.25, -0.2) is 0 Å². The van der Waals surface area contributed by atoms with E-state index in [0.717, 1.165) is 22.3 Å². The van der Waals surface area contributed by atoms with E-state index >= 15 is 0 Å². The summed E-state index contributed by atoms with van der Waals surface area (Å²) in [5.41, 5.74) is 5.25. The van der Waals surface area contributed by atoms with Crippen LogP contribution < -0.4 is 10.6 Å². The Kier molecular flexibility index (Phi) is 4.93. The monoisotopic (exact) mass is 326 g/mol. The smallest absolute Gasteiger partial charge is 0.314 e. The Balaban J connectivity index is 2.18. The van der Waals surface area contributed by atoms with Crippen molar-refractivity contribution in [2.75, 3.05) is 10.6 Å². The summed E-state index contributed by atoms with van der Waals surface area (Å²) < 4.78 is 0. The topological polar surface area (TPSA) is 78.4 Å². The fraction of sp³-hybridized carbons (Fsp3) is 0.263. The highest BCUT2D eigenvalue weighted by atomic mass is 16.3. The number of aromatic hydroxyl groups is 1. The van der Waals surface area contributed by atoms with Crippen LogP contribution in [-0.2, 0) is 9.59 Å². The summed E-state index contributed by atoms with van der Waals surface area (Å²) in [7, 11) is 0. The lowest BCUT2D eigenvalue weighted by molar-refractivity contribution is -0.133. The van der Waals surface area contributed by atoms with Gasteiger partial charge in [-0.3, -0.25) is 9.59 Å². The lowest BCUT2D eigenvalue weighted by Gasteiger charge is -2.14. The van der Waals surface area contributed by atoms with E-state index in [0.29, 0.717) is 11.3 Å². The Hall–Kier alpha value is -2.82. The van der Waals surface area contributed by atoms with Gasteiger partial charge >= 0.3 is 11.8 Å². The summed E-state index contributed by atoms with van der Waals surface area (Å²) in [6, 6.07) is 7.30. The quantitative estimate of drug-likeness (QED) is 0.584. The number of nitrogens with one attached hydrogen (secondary N) is 2. The average molecular weight is 326 g/mol. The summed E-state index contributed by atoms with van der Waals surface area (Å²) in [4.78, 5) is 24.3. The molecule has 5 heteroatoms. The maximum atomic E-state index is 12.2. The Labute approximate surface area is 141 Å². The van der Waals surface area contributed by atoms with Crippen LogP contribution >= 0.6 is 0 Å². The third-order valence-corrected chi connectivity index (χ3v) is 3.81. The Morgan fingerprint density at radius 1 is 0.750 bits per heavy atom. The molecule has 2 aromatic rings. The number of aryl methyl sites for hydroxylation is 5. The first-order valence-corrected chi connectivity index (χ1v) is 7.69. The molecule has 5 nitrogen and oxygen atoms in total. The zero-order chi connectivity index (χ0) is 18.0. The van der Waals surface area contributed by atoms with Crippen molar-refractivity contribution in [2.45, 2.75) is 34.6 Å². The number of anilines is 2. The van der Waals surface area contributed by atoms with E-state index in [1.165, 1.54) is 0 Å². The molecule has 0 aliphatic carbocycles. The first-order valence-electron chi connectivity index (χ1n) is 7.69. The molecule has 0 aliphatic rings. The van der Waals surface area contributed by atoms with E-state index < -0.39 is 11.8 Å². The zero-order valence-corrected chi connectivity index (χ0v) is 14.6. The van der Waals surface area contributed by atoms with Crippen molar-refractivity contribution in [3.8, 4) is 5.75 Å². The molecule has 0 spiro atoms. The van der Waals surface area contributed by atoms with Gasteiger partial charge in [-0.15, -0.1) is 0 Å². The molecule has 2 aromatic carbocycles. The molecule has 0 atom stereocenters. The van der Waals surface area contributed by atoms with Crippen molar-refractivity contribution in [1.82, 2.24) is 0 Å². The normalized spacial score (nSPS) is 10.4. The van der Waals surface area contributed by atoms with Gasteiger partial charge in [-0.1, -0.05) is 23.8 Å². The molecule has 2 rings (SSSR count). The predicted molar refractivity (Wildman–Crippen MR) is 95.5 cm³/mol. The van der Waals surface area contributed by atoms with Crippen LogP contribution in [0.15, 0.2) is 24.3 Å². The highest BCUT2D eigenvalue weighted by Gasteiger charge is 2.18. The molecule has 0 unspecified atom stereocenters. The molecular weight excluding hydrogens is 304 g/mol. The summed E-state index contributed by atoms with van der Waals surface area (Å²) in [6.45, 7) is 9.31. The van der Waals surface area contributed by atoms with Crippen molar-refractivity contribution in [3.05, 3.63) is 52.1 Å². The minimum Gasteiger partial charge on any atom is -0.505 e.